The Morgan fingerprint density at radius 2 is 2.21 bits per heavy atom. The number of carbonyl (C=O) groups is 1. The van der Waals surface area contributed by atoms with Crippen LogP contribution >= 0.6 is 27.3 Å². The molecule has 0 spiro atoms. The number of nitro benzene ring substituents is 1. The fourth-order valence-electron chi connectivity index (χ4n) is 1.39. The lowest BCUT2D eigenvalue weighted by Gasteiger charge is -2.03. The van der Waals surface area contributed by atoms with Crippen molar-refractivity contribution in [2.24, 2.45) is 0 Å². The van der Waals surface area contributed by atoms with Crippen LogP contribution in [0, 0.1) is 10.1 Å². The Bertz CT molecular complexity index is 612. The molecule has 0 saturated heterocycles. The maximum Gasteiger partial charge on any atom is 0.338 e. The third-order valence-electron chi connectivity index (χ3n) is 2.30. The molecule has 0 radical (unpaired) electrons. The number of benzene rings is 1. The lowest BCUT2D eigenvalue weighted by atomic mass is 10.2. The molecule has 2 rings (SSSR count). The molecule has 0 amide bonds. The van der Waals surface area contributed by atoms with Crippen molar-refractivity contribution in [2.45, 2.75) is 6.61 Å². The first-order valence-electron chi connectivity index (χ1n) is 5.21. The highest BCUT2D eigenvalue weighted by molar-refractivity contribution is 9.10. The van der Waals surface area contributed by atoms with E-state index in [4.69, 9.17) is 4.74 Å². The van der Waals surface area contributed by atoms with E-state index in [1.54, 1.807) is 0 Å². The fourth-order valence-corrected chi connectivity index (χ4v) is 2.40. The number of nitro groups is 1. The highest BCUT2D eigenvalue weighted by atomic mass is 79.9. The standard InChI is InChI=1S/C12H8BrNO4S/c13-10-4-3-8(6-11(10)14(16)17)12(15)18-7-9-2-1-5-19-9/h1-6H,7H2. The van der Waals surface area contributed by atoms with Crippen molar-refractivity contribution >= 4 is 38.9 Å². The number of hydrogen-bond donors (Lipinski definition) is 0. The minimum atomic E-state index is -0.580. The molecule has 0 bridgehead atoms. The van der Waals surface area contributed by atoms with Gasteiger partial charge in [-0.05, 0) is 39.5 Å². The van der Waals surface area contributed by atoms with Crippen LogP contribution in [0.4, 0.5) is 5.69 Å². The lowest BCUT2D eigenvalue weighted by Crippen LogP contribution is -2.05. The molecule has 1 aromatic heterocycles. The SMILES string of the molecule is O=C(OCc1cccs1)c1ccc(Br)c([N+](=O)[O-])c1. The van der Waals surface area contributed by atoms with Gasteiger partial charge >= 0.3 is 5.97 Å². The van der Waals surface area contributed by atoms with Gasteiger partial charge in [0.1, 0.15) is 6.61 Å². The molecule has 98 valence electrons. The zero-order valence-corrected chi connectivity index (χ0v) is 11.9. The fraction of sp³-hybridized carbons (Fsp3) is 0.0833. The van der Waals surface area contributed by atoms with Gasteiger partial charge in [-0.15, -0.1) is 11.3 Å². The molecule has 0 aliphatic carbocycles. The minimum Gasteiger partial charge on any atom is -0.456 e. The first-order valence-corrected chi connectivity index (χ1v) is 6.88. The summed E-state index contributed by atoms with van der Waals surface area (Å²) in [6, 6.07) is 7.84. The van der Waals surface area contributed by atoms with Gasteiger partial charge in [0.15, 0.2) is 0 Å². The summed E-state index contributed by atoms with van der Waals surface area (Å²) in [5.74, 6) is -0.580. The molecule has 0 fully saturated rings. The molecule has 0 atom stereocenters. The summed E-state index contributed by atoms with van der Waals surface area (Å²) in [5, 5.41) is 12.6. The molecule has 5 nitrogen and oxygen atoms in total. The number of thiophene rings is 1. The molecule has 19 heavy (non-hydrogen) atoms. The monoisotopic (exact) mass is 341 g/mol. The Hall–Kier alpha value is -1.73. The maximum atomic E-state index is 11.8. The van der Waals surface area contributed by atoms with Gasteiger partial charge in [0.05, 0.1) is 15.0 Å². The average molecular weight is 342 g/mol. The molecule has 7 heteroatoms. The van der Waals surface area contributed by atoms with E-state index in [9.17, 15) is 14.9 Å². The van der Waals surface area contributed by atoms with Crippen molar-refractivity contribution in [2.75, 3.05) is 0 Å². The van der Waals surface area contributed by atoms with Crippen LogP contribution < -0.4 is 0 Å². The zero-order valence-electron chi connectivity index (χ0n) is 9.54. The zero-order chi connectivity index (χ0) is 13.8. The van der Waals surface area contributed by atoms with Crippen molar-refractivity contribution in [3.8, 4) is 0 Å². The molecule has 0 aliphatic heterocycles. The van der Waals surface area contributed by atoms with Crippen molar-refractivity contribution < 1.29 is 14.5 Å². The van der Waals surface area contributed by atoms with Gasteiger partial charge < -0.3 is 4.74 Å². The van der Waals surface area contributed by atoms with Gasteiger partial charge in [0, 0.05) is 10.9 Å². The summed E-state index contributed by atoms with van der Waals surface area (Å²) >= 11 is 4.54. The first-order chi connectivity index (χ1) is 9.08. The third kappa shape index (κ3) is 3.39. The van der Waals surface area contributed by atoms with E-state index in [-0.39, 0.29) is 17.9 Å². The number of halogens is 1. The predicted molar refractivity (Wildman–Crippen MR) is 74.2 cm³/mol. The van der Waals surface area contributed by atoms with Crippen LogP contribution in [0.25, 0.3) is 0 Å². The minimum absolute atomic E-state index is 0.159. The molecule has 2 aromatic rings. The number of carbonyl (C=O) groups excluding carboxylic acids is 1. The van der Waals surface area contributed by atoms with E-state index in [1.807, 2.05) is 17.5 Å². The topological polar surface area (TPSA) is 69.4 Å². The van der Waals surface area contributed by atoms with Gasteiger partial charge in [0.2, 0.25) is 0 Å². The largest absolute Gasteiger partial charge is 0.456 e. The van der Waals surface area contributed by atoms with Gasteiger partial charge in [-0.25, -0.2) is 4.79 Å². The summed E-state index contributed by atoms with van der Waals surface area (Å²) in [5.41, 5.74) is -0.00275. The number of rotatable bonds is 4. The summed E-state index contributed by atoms with van der Waals surface area (Å²) in [4.78, 5) is 22.9. The highest BCUT2D eigenvalue weighted by Crippen LogP contribution is 2.26. The van der Waals surface area contributed by atoms with Crippen LogP contribution in [0.3, 0.4) is 0 Å². The van der Waals surface area contributed by atoms with Gasteiger partial charge in [0.25, 0.3) is 5.69 Å². The van der Waals surface area contributed by atoms with E-state index in [1.165, 1.54) is 29.5 Å². The average Bonchev–Trinajstić information content (AvgIpc) is 2.89. The van der Waals surface area contributed by atoms with Crippen LogP contribution in [0.1, 0.15) is 15.2 Å². The Balaban J connectivity index is 2.11. The Kier molecular flexibility index (Phi) is 4.28. The molecule has 1 heterocycles. The van der Waals surface area contributed by atoms with Crippen molar-refractivity contribution in [3.05, 3.63) is 60.7 Å². The summed E-state index contributed by atoms with van der Waals surface area (Å²) in [7, 11) is 0. The number of hydrogen-bond acceptors (Lipinski definition) is 5. The normalized spacial score (nSPS) is 10.2. The lowest BCUT2D eigenvalue weighted by molar-refractivity contribution is -0.385. The molecule has 0 saturated carbocycles. The summed E-state index contributed by atoms with van der Waals surface area (Å²) in [6.07, 6.45) is 0. The second kappa shape index (κ2) is 5.94. The van der Waals surface area contributed by atoms with E-state index < -0.39 is 10.9 Å². The van der Waals surface area contributed by atoms with Crippen LogP contribution in [0.5, 0.6) is 0 Å². The van der Waals surface area contributed by atoms with Crippen LogP contribution in [-0.2, 0) is 11.3 Å². The second-order valence-corrected chi connectivity index (χ2v) is 5.47. The molecule has 1 aromatic carbocycles. The number of nitrogens with zero attached hydrogens (tertiary/aromatic N) is 1. The second-order valence-electron chi connectivity index (χ2n) is 3.58. The van der Waals surface area contributed by atoms with E-state index in [0.717, 1.165) is 4.88 Å². The van der Waals surface area contributed by atoms with E-state index in [2.05, 4.69) is 15.9 Å². The molecular formula is C12H8BrNO4S. The molecule has 0 aliphatic rings. The Morgan fingerprint density at radius 3 is 2.84 bits per heavy atom. The highest BCUT2D eigenvalue weighted by Gasteiger charge is 2.16. The van der Waals surface area contributed by atoms with Crippen LogP contribution in [0.2, 0.25) is 0 Å². The number of ether oxygens (including phenoxy) is 1. The summed E-state index contributed by atoms with van der Waals surface area (Å²) in [6.45, 7) is 0.167. The predicted octanol–water partition coefficient (Wildman–Crippen LogP) is 3.78. The molecule has 0 unspecified atom stereocenters. The molecular weight excluding hydrogens is 334 g/mol. The maximum absolute atomic E-state index is 11.8. The van der Waals surface area contributed by atoms with Crippen molar-refractivity contribution in [3.63, 3.8) is 0 Å². The van der Waals surface area contributed by atoms with Crippen LogP contribution in [0.15, 0.2) is 40.2 Å². The van der Waals surface area contributed by atoms with E-state index in [0.29, 0.717) is 4.47 Å². The smallest absolute Gasteiger partial charge is 0.338 e. The van der Waals surface area contributed by atoms with Gasteiger partial charge in [-0.1, -0.05) is 6.07 Å². The van der Waals surface area contributed by atoms with Crippen LogP contribution in [-0.4, -0.2) is 10.9 Å². The molecule has 0 N–H and O–H groups in total. The number of esters is 1. The van der Waals surface area contributed by atoms with Gasteiger partial charge in [-0.3, -0.25) is 10.1 Å². The van der Waals surface area contributed by atoms with E-state index >= 15 is 0 Å². The summed E-state index contributed by atoms with van der Waals surface area (Å²) < 4.78 is 5.41. The van der Waals surface area contributed by atoms with Crippen molar-refractivity contribution in [1.29, 1.82) is 0 Å². The third-order valence-corrected chi connectivity index (χ3v) is 3.82. The quantitative estimate of drug-likeness (QED) is 0.482. The Morgan fingerprint density at radius 1 is 1.42 bits per heavy atom. The first kappa shape index (κ1) is 13.7. The van der Waals surface area contributed by atoms with Gasteiger partial charge in [-0.2, -0.15) is 0 Å². The Labute approximate surface area is 121 Å². The van der Waals surface area contributed by atoms with Crippen molar-refractivity contribution in [1.82, 2.24) is 0 Å².